The molecule has 0 radical (unpaired) electrons. The van der Waals surface area contributed by atoms with Gasteiger partial charge in [0.05, 0.1) is 24.4 Å². The van der Waals surface area contributed by atoms with Gasteiger partial charge in [-0.05, 0) is 55.3 Å². The molecular weight excluding hydrogens is 518 g/mol. The van der Waals surface area contributed by atoms with Crippen LogP contribution in [0, 0.1) is 0 Å². The molecule has 1 aromatic heterocycles. The van der Waals surface area contributed by atoms with Crippen LogP contribution >= 0.6 is 0 Å². The van der Waals surface area contributed by atoms with Crippen LogP contribution in [0.3, 0.4) is 0 Å². The average Bonchev–Trinajstić information content (AvgIpc) is 3.04. The highest BCUT2D eigenvalue weighted by Crippen LogP contribution is 2.33. The third kappa shape index (κ3) is 6.07. The molecule has 0 atom stereocenters. The van der Waals surface area contributed by atoms with Gasteiger partial charge in [0.2, 0.25) is 5.91 Å². The maximum Gasteiger partial charge on any atom is 0.321 e. The van der Waals surface area contributed by atoms with E-state index in [0.717, 1.165) is 99.0 Å². The van der Waals surface area contributed by atoms with E-state index in [0.29, 0.717) is 19.5 Å². The van der Waals surface area contributed by atoms with E-state index in [1.165, 1.54) is 0 Å². The first kappa shape index (κ1) is 27.3. The molecule has 10 heteroatoms. The Labute approximate surface area is 241 Å². The monoisotopic (exact) mass is 557 g/mol. The van der Waals surface area contributed by atoms with E-state index in [2.05, 4.69) is 50.4 Å². The van der Waals surface area contributed by atoms with Crippen LogP contribution in [0.5, 0.6) is 0 Å². The van der Waals surface area contributed by atoms with Crippen molar-refractivity contribution in [1.29, 1.82) is 0 Å². The van der Waals surface area contributed by atoms with Crippen molar-refractivity contribution >= 4 is 39.9 Å². The number of hydrogen-bond donors (Lipinski definition) is 1. The van der Waals surface area contributed by atoms with Crippen molar-refractivity contribution in [2.45, 2.75) is 32.1 Å². The van der Waals surface area contributed by atoms with Crippen molar-refractivity contribution in [1.82, 2.24) is 19.8 Å². The fraction of sp³-hybridized carbons (Fsp3) is 0.484. The van der Waals surface area contributed by atoms with E-state index < -0.39 is 0 Å². The fourth-order valence-electron chi connectivity index (χ4n) is 6.16. The van der Waals surface area contributed by atoms with Crippen molar-refractivity contribution in [2.24, 2.45) is 0 Å². The number of ether oxygens (including phenoxy) is 1. The number of likely N-dealkylation sites (tertiary alicyclic amines) is 1. The first-order chi connectivity index (χ1) is 20.1. The summed E-state index contributed by atoms with van der Waals surface area (Å²) < 4.78 is 5.44. The minimum Gasteiger partial charge on any atom is -0.378 e. The number of carbonyl (C=O) groups is 2. The number of urea groups is 1. The number of rotatable bonds is 5. The summed E-state index contributed by atoms with van der Waals surface area (Å²) in [5.41, 5.74) is 5.11. The first-order valence-corrected chi connectivity index (χ1v) is 14.8. The van der Waals surface area contributed by atoms with Gasteiger partial charge in [-0.25, -0.2) is 14.8 Å². The molecule has 1 N–H and O–H groups in total. The zero-order chi connectivity index (χ0) is 28.2. The topological polar surface area (TPSA) is 94.1 Å². The van der Waals surface area contributed by atoms with Gasteiger partial charge in [0.1, 0.15) is 6.33 Å². The summed E-state index contributed by atoms with van der Waals surface area (Å²) in [4.78, 5) is 42.8. The normalized spacial score (nSPS) is 18.6. The van der Waals surface area contributed by atoms with Gasteiger partial charge in [0.25, 0.3) is 0 Å². The van der Waals surface area contributed by atoms with Crippen LogP contribution in [-0.4, -0.2) is 97.3 Å². The first-order valence-electron chi connectivity index (χ1n) is 14.8. The Morgan fingerprint density at radius 2 is 1.51 bits per heavy atom. The molecule has 6 rings (SSSR count). The molecule has 2 aromatic carbocycles. The lowest BCUT2D eigenvalue weighted by molar-refractivity contribution is -0.131. The molecule has 3 aliphatic rings. The largest absolute Gasteiger partial charge is 0.378 e. The lowest BCUT2D eigenvalue weighted by Crippen LogP contribution is -2.48. The molecule has 41 heavy (non-hydrogen) atoms. The predicted molar refractivity (Wildman–Crippen MR) is 161 cm³/mol. The SMILES string of the molecule is CCC(=O)N1CCN(c2ccc3c(C4CCN(C(=O)Nc5ccc(N6CCOCC6)cc5)CC4)ncnc3c2)CC1. The third-order valence-corrected chi connectivity index (χ3v) is 8.61. The van der Waals surface area contributed by atoms with Gasteiger partial charge >= 0.3 is 6.03 Å². The summed E-state index contributed by atoms with van der Waals surface area (Å²) in [7, 11) is 0. The number of piperidine rings is 1. The number of piperazine rings is 1. The molecule has 3 amide bonds. The number of carbonyl (C=O) groups excluding carboxylic acids is 2. The molecule has 3 aromatic rings. The predicted octanol–water partition coefficient (Wildman–Crippen LogP) is 3.94. The fourth-order valence-corrected chi connectivity index (χ4v) is 6.16. The Balaban J connectivity index is 1.05. The standard InChI is InChI=1S/C31H39N7O3/c1-2-29(39)37-15-13-35(14-16-37)26-7-8-27-28(21-26)32-22-33-30(27)23-9-11-38(12-10-23)31(40)34-24-3-5-25(6-4-24)36-17-19-41-20-18-36/h3-8,21-23H,2,9-20H2,1H3,(H,34,40). The Kier molecular flexibility index (Phi) is 8.18. The van der Waals surface area contributed by atoms with Crippen molar-refractivity contribution in [2.75, 3.05) is 80.7 Å². The molecule has 0 aliphatic carbocycles. The van der Waals surface area contributed by atoms with Gasteiger partial charge in [-0.1, -0.05) is 6.92 Å². The van der Waals surface area contributed by atoms with Crippen molar-refractivity contribution in [3.63, 3.8) is 0 Å². The van der Waals surface area contributed by atoms with E-state index in [1.54, 1.807) is 6.33 Å². The molecule has 0 spiro atoms. The maximum atomic E-state index is 13.0. The number of nitrogens with one attached hydrogen (secondary N) is 1. The summed E-state index contributed by atoms with van der Waals surface area (Å²) in [6.45, 7) is 9.74. The number of nitrogens with zero attached hydrogens (tertiary/aromatic N) is 6. The van der Waals surface area contributed by atoms with E-state index in [1.807, 2.05) is 28.9 Å². The number of amides is 3. The Morgan fingerprint density at radius 1 is 0.829 bits per heavy atom. The summed E-state index contributed by atoms with van der Waals surface area (Å²) >= 11 is 0. The molecule has 10 nitrogen and oxygen atoms in total. The summed E-state index contributed by atoms with van der Waals surface area (Å²) in [6, 6.07) is 14.5. The van der Waals surface area contributed by atoms with Gasteiger partial charge < -0.3 is 29.7 Å². The minimum atomic E-state index is -0.0551. The van der Waals surface area contributed by atoms with Gasteiger partial charge in [-0.2, -0.15) is 0 Å². The second kappa shape index (κ2) is 12.3. The van der Waals surface area contributed by atoms with Crippen LogP contribution in [0.1, 0.15) is 37.8 Å². The van der Waals surface area contributed by atoms with Crippen LogP contribution in [0.25, 0.3) is 10.9 Å². The Morgan fingerprint density at radius 3 is 2.22 bits per heavy atom. The van der Waals surface area contributed by atoms with Crippen molar-refractivity contribution in [3.05, 3.63) is 54.5 Å². The summed E-state index contributed by atoms with van der Waals surface area (Å²) in [6.07, 6.45) is 3.96. The van der Waals surface area contributed by atoms with E-state index in [4.69, 9.17) is 9.72 Å². The molecule has 0 unspecified atom stereocenters. The molecular formula is C31H39N7O3. The lowest BCUT2D eigenvalue weighted by atomic mass is 9.91. The van der Waals surface area contributed by atoms with Crippen molar-refractivity contribution in [3.8, 4) is 0 Å². The molecule has 216 valence electrons. The number of anilines is 3. The smallest absolute Gasteiger partial charge is 0.321 e. The third-order valence-electron chi connectivity index (χ3n) is 8.61. The van der Waals surface area contributed by atoms with Gasteiger partial charge in [-0.15, -0.1) is 0 Å². The average molecular weight is 558 g/mol. The second-order valence-electron chi connectivity index (χ2n) is 11.0. The summed E-state index contributed by atoms with van der Waals surface area (Å²) in [5, 5.41) is 4.15. The van der Waals surface area contributed by atoms with E-state index in [-0.39, 0.29) is 17.9 Å². The molecule has 4 heterocycles. The van der Waals surface area contributed by atoms with Crippen LogP contribution < -0.4 is 15.1 Å². The van der Waals surface area contributed by atoms with Crippen LogP contribution in [0.4, 0.5) is 21.9 Å². The van der Waals surface area contributed by atoms with Crippen LogP contribution in [0.15, 0.2) is 48.8 Å². The number of benzene rings is 2. The molecule has 0 saturated carbocycles. The number of hydrogen-bond acceptors (Lipinski definition) is 7. The van der Waals surface area contributed by atoms with E-state index in [9.17, 15) is 9.59 Å². The van der Waals surface area contributed by atoms with Crippen molar-refractivity contribution < 1.29 is 14.3 Å². The number of fused-ring (bicyclic) bond motifs is 1. The van der Waals surface area contributed by atoms with Gasteiger partial charge in [0, 0.05) is 87.1 Å². The highest BCUT2D eigenvalue weighted by Gasteiger charge is 2.27. The molecule has 3 fully saturated rings. The van der Waals surface area contributed by atoms with Gasteiger partial charge in [-0.3, -0.25) is 4.79 Å². The Bertz CT molecular complexity index is 1360. The van der Waals surface area contributed by atoms with Crippen LogP contribution in [-0.2, 0) is 9.53 Å². The van der Waals surface area contributed by atoms with Crippen LogP contribution in [0.2, 0.25) is 0 Å². The highest BCUT2D eigenvalue weighted by molar-refractivity contribution is 5.90. The van der Waals surface area contributed by atoms with Gasteiger partial charge in [0.15, 0.2) is 0 Å². The quantitative estimate of drug-likeness (QED) is 0.508. The molecule has 0 bridgehead atoms. The zero-order valence-electron chi connectivity index (χ0n) is 23.8. The number of morpholine rings is 1. The lowest BCUT2D eigenvalue weighted by Gasteiger charge is -2.36. The maximum absolute atomic E-state index is 13.0. The zero-order valence-corrected chi connectivity index (χ0v) is 23.8. The summed E-state index contributed by atoms with van der Waals surface area (Å²) in [5.74, 6) is 0.508. The highest BCUT2D eigenvalue weighted by atomic mass is 16.5. The minimum absolute atomic E-state index is 0.0551. The van der Waals surface area contributed by atoms with E-state index >= 15 is 0 Å². The number of aromatic nitrogens is 2. The second-order valence-corrected chi connectivity index (χ2v) is 11.0. The Hall–Kier alpha value is -3.92. The molecule has 3 aliphatic heterocycles. The molecule has 3 saturated heterocycles.